The highest BCUT2D eigenvalue weighted by Crippen LogP contribution is 2.31. The second-order valence-electron chi connectivity index (χ2n) is 4.77. The Bertz CT molecular complexity index is 556. The number of rotatable bonds is 4. The topological polar surface area (TPSA) is 26.0 Å². The smallest absolute Gasteiger partial charge is 0.142 e. The molecule has 2 aromatic rings. The standard InChI is InChI=1S/C16H17BrFN/c1-2-16(19,11-12-7-4-3-5-8-12)13-9-6-10-14(17)15(13)18/h3-10H,2,11,19H2,1H3. The van der Waals surface area contributed by atoms with Crippen LogP contribution in [-0.4, -0.2) is 0 Å². The van der Waals surface area contributed by atoms with Crippen LogP contribution >= 0.6 is 15.9 Å². The van der Waals surface area contributed by atoms with Crippen molar-refractivity contribution in [2.75, 3.05) is 0 Å². The van der Waals surface area contributed by atoms with E-state index in [0.717, 1.165) is 5.56 Å². The Balaban J connectivity index is 2.40. The van der Waals surface area contributed by atoms with Gasteiger partial charge in [0.15, 0.2) is 0 Å². The highest BCUT2D eigenvalue weighted by molar-refractivity contribution is 9.10. The van der Waals surface area contributed by atoms with E-state index in [9.17, 15) is 4.39 Å². The molecule has 1 unspecified atom stereocenters. The maximum absolute atomic E-state index is 14.3. The van der Waals surface area contributed by atoms with Crippen molar-refractivity contribution >= 4 is 15.9 Å². The molecule has 0 fully saturated rings. The average molecular weight is 322 g/mol. The van der Waals surface area contributed by atoms with Crippen molar-refractivity contribution in [2.24, 2.45) is 5.73 Å². The number of halogens is 2. The number of hydrogen-bond acceptors (Lipinski definition) is 1. The molecule has 0 heterocycles. The van der Waals surface area contributed by atoms with Gasteiger partial charge in [-0.1, -0.05) is 49.4 Å². The van der Waals surface area contributed by atoms with Crippen molar-refractivity contribution in [3.63, 3.8) is 0 Å². The molecular formula is C16H17BrFN. The predicted octanol–water partition coefficient (Wildman–Crippen LogP) is 4.39. The lowest BCUT2D eigenvalue weighted by molar-refractivity contribution is 0.401. The molecule has 0 bridgehead atoms. The largest absolute Gasteiger partial charge is 0.321 e. The normalized spacial score (nSPS) is 14.1. The summed E-state index contributed by atoms with van der Waals surface area (Å²) in [5.41, 5.74) is 7.45. The van der Waals surface area contributed by atoms with Gasteiger partial charge in [0.05, 0.1) is 4.47 Å². The summed E-state index contributed by atoms with van der Waals surface area (Å²) in [5.74, 6) is -0.261. The van der Waals surface area contributed by atoms with Crippen LogP contribution in [0.4, 0.5) is 4.39 Å². The number of nitrogens with two attached hydrogens (primary N) is 1. The molecule has 2 rings (SSSR count). The fourth-order valence-electron chi connectivity index (χ4n) is 2.26. The molecule has 0 saturated carbocycles. The van der Waals surface area contributed by atoms with Gasteiger partial charge >= 0.3 is 0 Å². The summed E-state index contributed by atoms with van der Waals surface area (Å²) in [6.45, 7) is 1.99. The molecule has 2 aromatic carbocycles. The quantitative estimate of drug-likeness (QED) is 0.887. The lowest BCUT2D eigenvalue weighted by atomic mass is 9.82. The second-order valence-corrected chi connectivity index (χ2v) is 5.63. The van der Waals surface area contributed by atoms with E-state index in [1.54, 1.807) is 12.1 Å². The predicted molar refractivity (Wildman–Crippen MR) is 80.4 cm³/mol. The Hall–Kier alpha value is -1.19. The van der Waals surface area contributed by atoms with Crippen molar-refractivity contribution < 1.29 is 4.39 Å². The molecule has 0 spiro atoms. The van der Waals surface area contributed by atoms with E-state index in [0.29, 0.717) is 22.9 Å². The summed E-state index contributed by atoms with van der Waals surface area (Å²) in [6.07, 6.45) is 1.30. The van der Waals surface area contributed by atoms with Crippen LogP contribution in [0.3, 0.4) is 0 Å². The van der Waals surface area contributed by atoms with Crippen LogP contribution < -0.4 is 5.73 Å². The first kappa shape index (κ1) is 14.2. The van der Waals surface area contributed by atoms with Gasteiger partial charge in [0.2, 0.25) is 0 Å². The molecule has 0 aliphatic rings. The molecule has 19 heavy (non-hydrogen) atoms. The van der Waals surface area contributed by atoms with Crippen molar-refractivity contribution in [2.45, 2.75) is 25.3 Å². The highest BCUT2D eigenvalue weighted by Gasteiger charge is 2.29. The van der Waals surface area contributed by atoms with E-state index in [1.807, 2.05) is 43.3 Å². The van der Waals surface area contributed by atoms with Gasteiger partial charge in [0.1, 0.15) is 5.82 Å². The summed E-state index contributed by atoms with van der Waals surface area (Å²) in [5, 5.41) is 0. The molecule has 0 aliphatic heterocycles. The zero-order valence-electron chi connectivity index (χ0n) is 10.9. The van der Waals surface area contributed by atoms with Crippen LogP contribution in [0.15, 0.2) is 53.0 Å². The summed E-state index contributed by atoms with van der Waals surface area (Å²) < 4.78 is 14.7. The summed E-state index contributed by atoms with van der Waals surface area (Å²) >= 11 is 3.22. The molecule has 1 nitrogen and oxygen atoms in total. The molecule has 0 saturated heterocycles. The third kappa shape index (κ3) is 3.04. The van der Waals surface area contributed by atoms with Crippen LogP contribution in [-0.2, 0) is 12.0 Å². The zero-order chi connectivity index (χ0) is 13.9. The Labute approximate surface area is 121 Å². The minimum absolute atomic E-state index is 0.261. The van der Waals surface area contributed by atoms with Crippen molar-refractivity contribution in [3.05, 3.63) is 69.9 Å². The molecule has 0 aromatic heterocycles. The van der Waals surface area contributed by atoms with E-state index in [2.05, 4.69) is 15.9 Å². The molecule has 3 heteroatoms. The third-order valence-corrected chi connectivity index (χ3v) is 4.09. The lowest BCUT2D eigenvalue weighted by Gasteiger charge is -2.29. The average Bonchev–Trinajstić information content (AvgIpc) is 2.43. The Morgan fingerprint density at radius 1 is 1.11 bits per heavy atom. The molecular weight excluding hydrogens is 305 g/mol. The Morgan fingerprint density at radius 3 is 2.42 bits per heavy atom. The molecule has 100 valence electrons. The fourth-order valence-corrected chi connectivity index (χ4v) is 2.63. The Kier molecular flexibility index (Phi) is 4.38. The van der Waals surface area contributed by atoms with Gasteiger partial charge < -0.3 is 5.73 Å². The van der Waals surface area contributed by atoms with Gasteiger partial charge in [-0.2, -0.15) is 0 Å². The van der Waals surface area contributed by atoms with Gasteiger partial charge in [0.25, 0.3) is 0 Å². The van der Waals surface area contributed by atoms with E-state index in [1.165, 1.54) is 0 Å². The maximum atomic E-state index is 14.3. The van der Waals surface area contributed by atoms with Crippen LogP contribution in [0, 0.1) is 5.82 Å². The second kappa shape index (κ2) is 5.85. The summed E-state index contributed by atoms with van der Waals surface area (Å²) in [7, 11) is 0. The lowest BCUT2D eigenvalue weighted by Crippen LogP contribution is -2.39. The van der Waals surface area contributed by atoms with Crippen molar-refractivity contribution in [1.29, 1.82) is 0 Å². The zero-order valence-corrected chi connectivity index (χ0v) is 12.5. The van der Waals surface area contributed by atoms with Crippen LogP contribution in [0.1, 0.15) is 24.5 Å². The first-order valence-electron chi connectivity index (χ1n) is 6.34. The molecule has 0 aliphatic carbocycles. The minimum Gasteiger partial charge on any atom is -0.321 e. The highest BCUT2D eigenvalue weighted by atomic mass is 79.9. The van der Waals surface area contributed by atoms with Crippen molar-refractivity contribution in [1.82, 2.24) is 0 Å². The van der Waals surface area contributed by atoms with E-state index < -0.39 is 5.54 Å². The van der Waals surface area contributed by atoms with E-state index in [-0.39, 0.29) is 5.82 Å². The molecule has 2 N–H and O–H groups in total. The fraction of sp³-hybridized carbons (Fsp3) is 0.250. The van der Waals surface area contributed by atoms with Crippen LogP contribution in [0.25, 0.3) is 0 Å². The Morgan fingerprint density at radius 2 is 1.79 bits per heavy atom. The van der Waals surface area contributed by atoms with E-state index in [4.69, 9.17) is 5.73 Å². The third-order valence-electron chi connectivity index (χ3n) is 3.48. The summed E-state index contributed by atoms with van der Waals surface area (Å²) in [4.78, 5) is 0. The maximum Gasteiger partial charge on any atom is 0.142 e. The molecule has 0 amide bonds. The van der Waals surface area contributed by atoms with Gasteiger partial charge in [-0.25, -0.2) is 4.39 Å². The van der Waals surface area contributed by atoms with Crippen molar-refractivity contribution in [3.8, 4) is 0 Å². The molecule has 1 atom stereocenters. The van der Waals surface area contributed by atoms with Gasteiger partial charge in [0, 0.05) is 11.1 Å². The monoisotopic (exact) mass is 321 g/mol. The molecule has 0 radical (unpaired) electrons. The summed E-state index contributed by atoms with van der Waals surface area (Å²) in [6, 6.07) is 15.2. The van der Waals surface area contributed by atoms with Crippen LogP contribution in [0.5, 0.6) is 0 Å². The number of hydrogen-bond donors (Lipinski definition) is 1. The van der Waals surface area contributed by atoms with Gasteiger partial charge in [-0.3, -0.25) is 0 Å². The first-order chi connectivity index (χ1) is 9.07. The minimum atomic E-state index is -0.685. The van der Waals surface area contributed by atoms with Gasteiger partial charge in [-0.05, 0) is 40.4 Å². The van der Waals surface area contributed by atoms with Crippen LogP contribution in [0.2, 0.25) is 0 Å². The van der Waals surface area contributed by atoms with E-state index >= 15 is 0 Å². The number of benzene rings is 2. The SMILES string of the molecule is CCC(N)(Cc1ccccc1)c1cccc(Br)c1F. The first-order valence-corrected chi connectivity index (χ1v) is 7.13. The van der Waals surface area contributed by atoms with Gasteiger partial charge in [-0.15, -0.1) is 0 Å².